The molecule has 0 bridgehead atoms. The number of fused-ring (bicyclic) bond motifs is 1. The molecule has 3 heterocycles. The van der Waals surface area contributed by atoms with E-state index in [1.54, 1.807) is 7.11 Å². The lowest BCUT2D eigenvalue weighted by molar-refractivity contribution is -0.0707. The first kappa shape index (κ1) is 23.4. The van der Waals surface area contributed by atoms with Crippen LogP contribution in [0.2, 0.25) is 0 Å². The minimum absolute atomic E-state index is 0.201. The average molecular weight is 489 g/mol. The van der Waals surface area contributed by atoms with E-state index in [-0.39, 0.29) is 18.1 Å². The van der Waals surface area contributed by atoms with Gasteiger partial charge in [0.15, 0.2) is 5.13 Å². The molecule has 1 saturated heterocycles. The van der Waals surface area contributed by atoms with E-state index >= 15 is 0 Å². The Morgan fingerprint density at radius 2 is 1.86 bits per heavy atom. The van der Waals surface area contributed by atoms with Gasteiger partial charge in [-0.2, -0.15) is 0 Å². The maximum absolute atomic E-state index is 13.4. The first-order chi connectivity index (χ1) is 17.0. The van der Waals surface area contributed by atoms with Gasteiger partial charge < -0.3 is 9.47 Å². The van der Waals surface area contributed by atoms with E-state index in [0.717, 1.165) is 53.2 Å². The smallest absolute Gasteiger partial charge is 0.258 e. The lowest BCUT2D eigenvalue weighted by Gasteiger charge is -2.34. The zero-order valence-electron chi connectivity index (χ0n) is 20.0. The number of rotatable bonds is 6. The van der Waals surface area contributed by atoms with Crippen molar-refractivity contribution < 1.29 is 14.3 Å². The van der Waals surface area contributed by atoms with Gasteiger partial charge in [-0.05, 0) is 50.2 Å². The molecule has 1 N–H and O–H groups in total. The van der Waals surface area contributed by atoms with Gasteiger partial charge in [-0.15, -0.1) is 11.3 Å². The third-order valence-electron chi connectivity index (χ3n) is 6.00. The molecule has 0 aliphatic carbocycles. The summed E-state index contributed by atoms with van der Waals surface area (Å²) in [6.45, 7) is 6.68. The van der Waals surface area contributed by atoms with Crippen LogP contribution in [0.25, 0.3) is 22.2 Å². The first-order valence-electron chi connectivity index (χ1n) is 11.7. The Labute approximate surface area is 208 Å². The Morgan fingerprint density at radius 1 is 1.11 bits per heavy atom. The summed E-state index contributed by atoms with van der Waals surface area (Å²) in [5.74, 6) is 0.570. The topological polar surface area (TPSA) is 76.6 Å². The molecule has 2 unspecified atom stereocenters. The Balaban J connectivity index is 1.38. The normalized spacial score (nSPS) is 18.5. The summed E-state index contributed by atoms with van der Waals surface area (Å²) in [6, 6.07) is 17.2. The highest BCUT2D eigenvalue weighted by atomic mass is 32.1. The predicted molar refractivity (Wildman–Crippen MR) is 139 cm³/mol. The van der Waals surface area contributed by atoms with E-state index in [1.165, 1.54) is 11.3 Å². The fraction of sp³-hybridized carbons (Fsp3) is 0.296. The Hall–Kier alpha value is -3.33. The number of nitrogens with zero attached hydrogens (tertiary/aromatic N) is 3. The first-order valence-corrected chi connectivity index (χ1v) is 12.5. The number of methoxy groups -OCH3 is 1. The van der Waals surface area contributed by atoms with Crippen molar-refractivity contribution >= 4 is 33.3 Å². The summed E-state index contributed by atoms with van der Waals surface area (Å²) in [7, 11) is 1.64. The lowest BCUT2D eigenvalue weighted by atomic mass is 10.0. The molecule has 5 rings (SSSR count). The van der Waals surface area contributed by atoms with Crippen LogP contribution in [0.15, 0.2) is 60.0 Å². The molecule has 8 heteroatoms. The second-order valence-corrected chi connectivity index (χ2v) is 9.71. The fourth-order valence-corrected chi connectivity index (χ4v) is 5.21. The number of pyridine rings is 1. The quantitative estimate of drug-likeness (QED) is 0.401. The van der Waals surface area contributed by atoms with Gasteiger partial charge in [0.2, 0.25) is 0 Å². The van der Waals surface area contributed by atoms with Gasteiger partial charge in [-0.25, -0.2) is 9.97 Å². The average Bonchev–Trinajstić information content (AvgIpc) is 3.29. The van der Waals surface area contributed by atoms with Crippen molar-refractivity contribution in [3.63, 3.8) is 0 Å². The van der Waals surface area contributed by atoms with Gasteiger partial charge in [0.05, 0.1) is 41.8 Å². The van der Waals surface area contributed by atoms with Crippen molar-refractivity contribution in [1.82, 2.24) is 14.9 Å². The molecule has 7 nitrogen and oxygen atoms in total. The molecule has 4 aromatic rings. The molecule has 0 saturated carbocycles. The second kappa shape index (κ2) is 10.1. The summed E-state index contributed by atoms with van der Waals surface area (Å²) in [4.78, 5) is 25.2. The van der Waals surface area contributed by atoms with Gasteiger partial charge in [-0.1, -0.05) is 18.2 Å². The van der Waals surface area contributed by atoms with E-state index in [0.29, 0.717) is 10.7 Å². The molecule has 1 aliphatic heterocycles. The highest BCUT2D eigenvalue weighted by Gasteiger charge is 2.23. The van der Waals surface area contributed by atoms with Crippen molar-refractivity contribution in [1.29, 1.82) is 0 Å². The maximum atomic E-state index is 13.4. The molecular formula is C27H28N4O3S. The van der Waals surface area contributed by atoms with Crippen LogP contribution >= 0.6 is 11.3 Å². The van der Waals surface area contributed by atoms with Gasteiger partial charge in [0, 0.05) is 36.0 Å². The highest BCUT2D eigenvalue weighted by Crippen LogP contribution is 2.27. The van der Waals surface area contributed by atoms with Gasteiger partial charge in [0.1, 0.15) is 5.75 Å². The Kier molecular flexibility index (Phi) is 6.77. The number of ether oxygens (including phenoxy) is 2. The van der Waals surface area contributed by atoms with E-state index in [1.807, 2.05) is 60.0 Å². The van der Waals surface area contributed by atoms with E-state index in [4.69, 9.17) is 14.5 Å². The molecular weight excluding hydrogens is 460 g/mol. The van der Waals surface area contributed by atoms with Crippen LogP contribution in [-0.2, 0) is 11.3 Å². The van der Waals surface area contributed by atoms with Crippen LogP contribution in [0.4, 0.5) is 5.13 Å². The van der Waals surface area contributed by atoms with Gasteiger partial charge >= 0.3 is 0 Å². The van der Waals surface area contributed by atoms with Crippen LogP contribution < -0.4 is 10.1 Å². The third kappa shape index (κ3) is 5.35. The zero-order chi connectivity index (χ0) is 24.4. The lowest BCUT2D eigenvalue weighted by Crippen LogP contribution is -2.44. The number of hydrogen-bond donors (Lipinski definition) is 1. The number of hydrogen-bond acceptors (Lipinski definition) is 7. The van der Waals surface area contributed by atoms with Gasteiger partial charge in [0.25, 0.3) is 5.91 Å². The van der Waals surface area contributed by atoms with Crippen LogP contribution in [-0.4, -0.2) is 53.2 Å². The molecule has 35 heavy (non-hydrogen) atoms. The molecule has 2 aromatic carbocycles. The Bertz CT molecular complexity index is 1330. The summed E-state index contributed by atoms with van der Waals surface area (Å²) in [6.07, 6.45) is 0.410. The van der Waals surface area contributed by atoms with E-state index in [9.17, 15) is 4.79 Å². The number of aromatic nitrogens is 2. The van der Waals surface area contributed by atoms with E-state index in [2.05, 4.69) is 29.0 Å². The number of carbonyl (C=O) groups excluding carboxylic acids is 1. The zero-order valence-corrected chi connectivity index (χ0v) is 20.8. The van der Waals surface area contributed by atoms with Crippen LogP contribution in [0.1, 0.15) is 29.9 Å². The van der Waals surface area contributed by atoms with Crippen LogP contribution in [0.3, 0.4) is 0 Å². The van der Waals surface area contributed by atoms with Crippen molar-refractivity contribution in [2.24, 2.45) is 0 Å². The van der Waals surface area contributed by atoms with Gasteiger partial charge in [-0.3, -0.25) is 15.0 Å². The monoisotopic (exact) mass is 488 g/mol. The summed E-state index contributed by atoms with van der Waals surface area (Å²) in [5, 5.41) is 6.40. The van der Waals surface area contributed by atoms with Crippen LogP contribution in [0, 0.1) is 0 Å². The minimum atomic E-state index is -0.201. The van der Waals surface area contributed by atoms with Crippen molar-refractivity contribution in [2.75, 3.05) is 25.5 Å². The highest BCUT2D eigenvalue weighted by molar-refractivity contribution is 7.14. The predicted octanol–water partition coefficient (Wildman–Crippen LogP) is 5.23. The molecule has 180 valence electrons. The van der Waals surface area contributed by atoms with Crippen molar-refractivity contribution in [3.8, 4) is 17.0 Å². The number of morpholine rings is 1. The largest absolute Gasteiger partial charge is 0.497 e. The Morgan fingerprint density at radius 3 is 2.60 bits per heavy atom. The second-order valence-electron chi connectivity index (χ2n) is 8.85. The molecule has 1 amide bonds. The molecule has 1 fully saturated rings. The molecule has 2 atom stereocenters. The number of benzene rings is 2. The number of carbonyl (C=O) groups is 1. The van der Waals surface area contributed by atoms with E-state index < -0.39 is 0 Å². The van der Waals surface area contributed by atoms with Crippen LogP contribution in [0.5, 0.6) is 5.75 Å². The number of para-hydroxylation sites is 1. The fourth-order valence-electron chi connectivity index (χ4n) is 4.52. The molecule has 2 aromatic heterocycles. The van der Waals surface area contributed by atoms with Crippen molar-refractivity contribution in [3.05, 3.63) is 71.2 Å². The molecule has 0 radical (unpaired) electrons. The maximum Gasteiger partial charge on any atom is 0.258 e. The number of thiazole rings is 1. The third-order valence-corrected chi connectivity index (χ3v) is 6.81. The minimum Gasteiger partial charge on any atom is -0.497 e. The summed E-state index contributed by atoms with van der Waals surface area (Å²) >= 11 is 1.44. The summed E-state index contributed by atoms with van der Waals surface area (Å²) < 4.78 is 11.1. The van der Waals surface area contributed by atoms with Crippen molar-refractivity contribution in [2.45, 2.75) is 32.6 Å². The standard InChI is InChI=1S/C27H28N4O3S/c1-17-13-31(14-18(2)34-17)15-20-16-35-27(28-20)30-26(32)23-12-25(19-8-10-21(33-3)11-9-19)29-24-7-5-4-6-22(23)24/h4-12,16-18H,13-15H2,1-3H3,(H,28,30,32). The molecule has 1 aliphatic rings. The SMILES string of the molecule is COc1ccc(-c2cc(C(=O)Nc3nc(CN4CC(C)OC(C)C4)cs3)c3ccccc3n2)cc1. The number of nitrogens with one attached hydrogen (secondary N) is 1. The number of amides is 1. The molecule has 0 spiro atoms. The summed E-state index contributed by atoms with van der Waals surface area (Å²) in [5.41, 5.74) is 3.92. The number of anilines is 1.